The van der Waals surface area contributed by atoms with Crippen molar-refractivity contribution in [1.29, 1.82) is 0 Å². The summed E-state index contributed by atoms with van der Waals surface area (Å²) in [7, 11) is -1.23. The Kier molecular flexibility index (Phi) is 2.45. The van der Waals surface area contributed by atoms with Gasteiger partial charge in [0.2, 0.25) is 5.91 Å². The quantitative estimate of drug-likeness (QED) is 0.785. The lowest BCUT2D eigenvalue weighted by Crippen LogP contribution is -2.33. The molecule has 1 N–H and O–H groups in total. The summed E-state index contributed by atoms with van der Waals surface area (Å²) in [5, 5.41) is 2.25. The third-order valence-corrected chi connectivity index (χ3v) is 4.25. The van der Waals surface area contributed by atoms with Crippen molar-refractivity contribution in [1.82, 2.24) is 0 Å². The number of fused-ring (bicyclic) bond motifs is 1. The molecule has 0 aromatic heterocycles. The van der Waals surface area contributed by atoms with Crippen LogP contribution in [0.15, 0.2) is 27.6 Å². The third-order valence-electron chi connectivity index (χ3n) is 2.11. The number of amides is 1. The third kappa shape index (κ3) is 1.50. The topological polar surface area (TPSA) is 46.2 Å². The van der Waals surface area contributed by atoms with Gasteiger partial charge in [0.05, 0.1) is 21.4 Å². The van der Waals surface area contributed by atoms with Crippen molar-refractivity contribution in [3.05, 3.63) is 22.7 Å². The molecule has 1 heterocycles. The van der Waals surface area contributed by atoms with Crippen molar-refractivity contribution < 1.29 is 9.00 Å². The second-order valence-corrected chi connectivity index (χ2v) is 5.73. The molecule has 2 rings (SSSR count). The van der Waals surface area contributed by atoms with Crippen molar-refractivity contribution >= 4 is 38.3 Å². The lowest BCUT2D eigenvalue weighted by Gasteiger charge is -2.21. The Labute approximate surface area is 92.5 Å². The van der Waals surface area contributed by atoms with Crippen molar-refractivity contribution in [2.75, 3.05) is 5.32 Å². The first-order valence-corrected chi connectivity index (χ1v) is 6.11. The van der Waals surface area contributed by atoms with Crippen LogP contribution in [-0.4, -0.2) is 15.4 Å². The predicted molar refractivity (Wildman–Crippen MR) is 58.6 cm³/mol. The maximum Gasteiger partial charge on any atom is 0.240 e. The van der Waals surface area contributed by atoms with Crippen LogP contribution in [0.4, 0.5) is 5.69 Å². The highest BCUT2D eigenvalue weighted by Crippen LogP contribution is 2.29. The second-order valence-electron chi connectivity index (χ2n) is 3.07. The summed E-state index contributed by atoms with van der Waals surface area (Å²) in [6, 6.07) is 5.35. The van der Waals surface area contributed by atoms with Crippen molar-refractivity contribution in [3.8, 4) is 0 Å². The van der Waals surface area contributed by atoms with Gasteiger partial charge in [-0.25, -0.2) is 0 Å². The van der Waals surface area contributed by atoms with Gasteiger partial charge < -0.3 is 5.32 Å². The van der Waals surface area contributed by atoms with Gasteiger partial charge in [-0.2, -0.15) is 0 Å². The second kappa shape index (κ2) is 3.47. The number of benzene rings is 1. The smallest absolute Gasteiger partial charge is 0.240 e. The first-order valence-electron chi connectivity index (χ1n) is 4.10. The van der Waals surface area contributed by atoms with Crippen LogP contribution in [0.5, 0.6) is 0 Å². The van der Waals surface area contributed by atoms with E-state index < -0.39 is 16.0 Å². The summed E-state index contributed by atoms with van der Waals surface area (Å²) in [4.78, 5) is 12.1. The monoisotopic (exact) mass is 273 g/mol. The van der Waals surface area contributed by atoms with E-state index in [9.17, 15) is 9.00 Å². The maximum atomic E-state index is 11.8. The zero-order valence-corrected chi connectivity index (χ0v) is 9.81. The fourth-order valence-corrected chi connectivity index (χ4v) is 2.82. The Morgan fingerprint density at radius 1 is 1.50 bits per heavy atom. The first kappa shape index (κ1) is 9.86. The molecule has 0 bridgehead atoms. The maximum absolute atomic E-state index is 11.8. The Balaban J connectivity index is 2.56. The normalized spacial score (nSPS) is 25.4. The minimum absolute atomic E-state index is 0.186. The fourth-order valence-electron chi connectivity index (χ4n) is 1.30. The van der Waals surface area contributed by atoms with Crippen LogP contribution in [0.25, 0.3) is 0 Å². The summed E-state index contributed by atoms with van der Waals surface area (Å²) >= 11 is 3.30. The SMILES string of the molecule is CC1C(=O)Nc2cc(Br)ccc2S1=O. The average Bonchev–Trinajstić information content (AvgIpc) is 2.14. The molecule has 1 aromatic rings. The Morgan fingerprint density at radius 2 is 2.21 bits per heavy atom. The number of rotatable bonds is 0. The number of carbonyl (C=O) groups excluding carboxylic acids is 1. The molecule has 1 aromatic carbocycles. The van der Waals surface area contributed by atoms with Gasteiger partial charge in [0, 0.05) is 4.47 Å². The van der Waals surface area contributed by atoms with E-state index >= 15 is 0 Å². The molecule has 2 atom stereocenters. The Bertz CT molecular complexity index is 433. The molecule has 5 heteroatoms. The molecule has 1 amide bonds. The lowest BCUT2D eigenvalue weighted by atomic mass is 10.3. The van der Waals surface area contributed by atoms with E-state index in [4.69, 9.17) is 0 Å². The fraction of sp³-hybridized carbons (Fsp3) is 0.222. The van der Waals surface area contributed by atoms with Gasteiger partial charge in [-0.15, -0.1) is 0 Å². The molecule has 0 radical (unpaired) electrons. The van der Waals surface area contributed by atoms with Crippen LogP contribution in [0.3, 0.4) is 0 Å². The van der Waals surface area contributed by atoms with Crippen molar-refractivity contribution in [2.45, 2.75) is 17.1 Å². The van der Waals surface area contributed by atoms with Crippen LogP contribution in [0, 0.1) is 0 Å². The van der Waals surface area contributed by atoms with Gasteiger partial charge >= 0.3 is 0 Å². The van der Waals surface area contributed by atoms with Crippen LogP contribution < -0.4 is 5.32 Å². The van der Waals surface area contributed by atoms with E-state index in [1.54, 1.807) is 19.1 Å². The molecular weight excluding hydrogens is 266 g/mol. The molecule has 0 spiro atoms. The Morgan fingerprint density at radius 3 is 2.93 bits per heavy atom. The van der Waals surface area contributed by atoms with Crippen molar-refractivity contribution in [3.63, 3.8) is 0 Å². The highest BCUT2D eigenvalue weighted by atomic mass is 79.9. The molecule has 14 heavy (non-hydrogen) atoms. The number of anilines is 1. The average molecular weight is 274 g/mol. The van der Waals surface area contributed by atoms with E-state index in [1.807, 2.05) is 6.07 Å². The Hall–Kier alpha value is -0.680. The molecule has 0 aliphatic carbocycles. The highest BCUT2D eigenvalue weighted by Gasteiger charge is 2.29. The molecular formula is C9H8BrNO2S. The summed E-state index contributed by atoms with van der Waals surface area (Å²) < 4.78 is 12.6. The minimum Gasteiger partial charge on any atom is -0.324 e. The summed E-state index contributed by atoms with van der Waals surface area (Å²) in [5.74, 6) is -0.186. The number of carbonyl (C=O) groups is 1. The van der Waals surface area contributed by atoms with E-state index in [2.05, 4.69) is 21.2 Å². The van der Waals surface area contributed by atoms with E-state index in [1.165, 1.54) is 0 Å². The zero-order valence-electron chi connectivity index (χ0n) is 7.41. The molecule has 0 saturated heterocycles. The number of hydrogen-bond acceptors (Lipinski definition) is 2. The standard InChI is InChI=1S/C9H8BrNO2S/c1-5-9(12)11-7-4-6(10)2-3-8(7)14(5)13/h2-5H,1H3,(H,11,12). The summed E-state index contributed by atoms with van der Waals surface area (Å²) in [6.45, 7) is 1.66. The predicted octanol–water partition coefficient (Wildman–Crippen LogP) is 1.90. The highest BCUT2D eigenvalue weighted by molar-refractivity contribution is 9.10. The van der Waals surface area contributed by atoms with Crippen molar-refractivity contribution in [2.24, 2.45) is 0 Å². The minimum atomic E-state index is -1.23. The molecule has 1 aliphatic heterocycles. The van der Waals surface area contributed by atoms with Crippen LogP contribution in [-0.2, 0) is 15.6 Å². The molecule has 1 aliphatic rings. The number of hydrogen-bond donors (Lipinski definition) is 1. The van der Waals surface area contributed by atoms with Gasteiger partial charge in [0.25, 0.3) is 0 Å². The summed E-state index contributed by atoms with van der Waals surface area (Å²) in [5.41, 5.74) is 0.640. The van der Waals surface area contributed by atoms with Gasteiger partial charge in [-0.1, -0.05) is 15.9 Å². The molecule has 2 unspecified atom stereocenters. The number of nitrogens with one attached hydrogen (secondary N) is 1. The largest absolute Gasteiger partial charge is 0.324 e. The zero-order chi connectivity index (χ0) is 10.3. The van der Waals surface area contributed by atoms with Crippen LogP contribution >= 0.6 is 15.9 Å². The molecule has 0 saturated carbocycles. The lowest BCUT2D eigenvalue weighted by molar-refractivity contribution is -0.115. The molecule has 74 valence electrons. The van der Waals surface area contributed by atoms with Gasteiger partial charge in [0.15, 0.2) is 0 Å². The first-order chi connectivity index (χ1) is 6.59. The van der Waals surface area contributed by atoms with Crippen LogP contribution in [0.1, 0.15) is 6.92 Å². The van der Waals surface area contributed by atoms with Gasteiger partial charge in [0.1, 0.15) is 5.25 Å². The molecule has 0 fully saturated rings. The van der Waals surface area contributed by atoms with Crippen LogP contribution in [0.2, 0.25) is 0 Å². The van der Waals surface area contributed by atoms with Gasteiger partial charge in [-0.3, -0.25) is 9.00 Å². The van der Waals surface area contributed by atoms with Gasteiger partial charge in [-0.05, 0) is 25.1 Å². The molecule has 3 nitrogen and oxygen atoms in total. The van der Waals surface area contributed by atoms with E-state index in [0.29, 0.717) is 10.6 Å². The van der Waals surface area contributed by atoms with E-state index in [-0.39, 0.29) is 5.91 Å². The van der Waals surface area contributed by atoms with E-state index in [0.717, 1.165) is 4.47 Å². The summed E-state index contributed by atoms with van der Waals surface area (Å²) in [6.07, 6.45) is 0. The number of halogens is 1.